The quantitative estimate of drug-likeness (QED) is 0.777. The lowest BCUT2D eigenvalue weighted by molar-refractivity contribution is 0.0660. The molecule has 24 heavy (non-hydrogen) atoms. The fourth-order valence-corrected chi connectivity index (χ4v) is 2.23. The van der Waals surface area contributed by atoms with E-state index in [-0.39, 0.29) is 18.1 Å². The molecule has 5 nitrogen and oxygen atoms in total. The molecular formula is C19H14O5. The van der Waals surface area contributed by atoms with Crippen molar-refractivity contribution in [1.82, 2.24) is 0 Å². The minimum atomic E-state index is -1.31. The molecule has 120 valence electrons. The average molecular weight is 322 g/mol. The Morgan fingerprint density at radius 3 is 2.25 bits per heavy atom. The van der Waals surface area contributed by atoms with E-state index in [9.17, 15) is 9.59 Å². The first-order valence-corrected chi connectivity index (χ1v) is 7.29. The minimum absolute atomic E-state index is 0.00458. The number of hydrogen-bond acceptors (Lipinski definition) is 4. The fourth-order valence-electron chi connectivity index (χ4n) is 2.23. The topological polar surface area (TPSA) is 76.7 Å². The maximum Gasteiger partial charge on any atom is 0.371 e. The van der Waals surface area contributed by atoms with E-state index >= 15 is 0 Å². The van der Waals surface area contributed by atoms with Crippen molar-refractivity contribution in [2.75, 3.05) is 0 Å². The summed E-state index contributed by atoms with van der Waals surface area (Å²) in [5.74, 6) is -1.63. The van der Waals surface area contributed by atoms with Crippen molar-refractivity contribution in [3.05, 3.63) is 88.3 Å². The highest BCUT2D eigenvalue weighted by Crippen LogP contribution is 2.28. The summed E-state index contributed by atoms with van der Waals surface area (Å²) in [6.45, 7) is 0.178. The first kappa shape index (κ1) is 15.6. The van der Waals surface area contributed by atoms with Crippen LogP contribution < -0.4 is 10.2 Å². The molecule has 3 aromatic rings. The normalized spacial score (nSPS) is 10.3. The van der Waals surface area contributed by atoms with E-state index in [1.165, 1.54) is 0 Å². The first-order chi connectivity index (χ1) is 11.6. The van der Waals surface area contributed by atoms with Gasteiger partial charge in [0.15, 0.2) is 5.76 Å². The molecule has 0 saturated heterocycles. The van der Waals surface area contributed by atoms with Crippen LogP contribution in [0.3, 0.4) is 0 Å². The Morgan fingerprint density at radius 2 is 1.62 bits per heavy atom. The van der Waals surface area contributed by atoms with Gasteiger partial charge in [-0.25, -0.2) is 4.79 Å². The lowest BCUT2D eigenvalue weighted by Crippen LogP contribution is -2.12. The van der Waals surface area contributed by atoms with E-state index < -0.39 is 17.2 Å². The van der Waals surface area contributed by atoms with Crippen molar-refractivity contribution in [3.8, 4) is 17.1 Å². The second-order valence-electron chi connectivity index (χ2n) is 5.08. The van der Waals surface area contributed by atoms with E-state index in [4.69, 9.17) is 14.3 Å². The van der Waals surface area contributed by atoms with Crippen LogP contribution in [0.25, 0.3) is 11.3 Å². The van der Waals surface area contributed by atoms with Crippen LogP contribution in [-0.4, -0.2) is 11.1 Å². The van der Waals surface area contributed by atoms with Gasteiger partial charge in [0.05, 0.1) is 0 Å². The zero-order valence-corrected chi connectivity index (χ0v) is 12.6. The molecule has 0 saturated carbocycles. The molecule has 0 atom stereocenters. The molecule has 1 heterocycles. The summed E-state index contributed by atoms with van der Waals surface area (Å²) in [5, 5.41) is 9.11. The largest absolute Gasteiger partial charge is 0.481 e. The molecule has 0 unspecified atom stereocenters. The van der Waals surface area contributed by atoms with Crippen LogP contribution in [0.1, 0.15) is 16.1 Å². The van der Waals surface area contributed by atoms with Gasteiger partial charge in [0.2, 0.25) is 16.9 Å². The number of hydrogen-bond donors (Lipinski definition) is 1. The first-order valence-electron chi connectivity index (χ1n) is 7.29. The van der Waals surface area contributed by atoms with E-state index in [1.807, 2.05) is 36.4 Å². The van der Waals surface area contributed by atoms with Gasteiger partial charge in [-0.05, 0) is 5.56 Å². The highest BCUT2D eigenvalue weighted by atomic mass is 16.5. The molecule has 0 aliphatic carbocycles. The Morgan fingerprint density at radius 1 is 1.00 bits per heavy atom. The Kier molecular flexibility index (Phi) is 4.43. The van der Waals surface area contributed by atoms with Crippen LogP contribution in [0.4, 0.5) is 0 Å². The third-order valence-corrected chi connectivity index (χ3v) is 3.38. The van der Waals surface area contributed by atoms with Crippen molar-refractivity contribution in [2.45, 2.75) is 6.61 Å². The Labute approximate surface area is 137 Å². The van der Waals surface area contributed by atoms with Gasteiger partial charge in [0.25, 0.3) is 0 Å². The Bertz CT molecular complexity index is 898. The molecular weight excluding hydrogens is 308 g/mol. The summed E-state index contributed by atoms with van der Waals surface area (Å²) in [5.41, 5.74) is 0.924. The van der Waals surface area contributed by atoms with Crippen molar-refractivity contribution in [2.24, 2.45) is 0 Å². The number of benzene rings is 2. The smallest absolute Gasteiger partial charge is 0.371 e. The Balaban J connectivity index is 2.04. The SMILES string of the molecule is O=C(O)c1cc(=O)c(OCc2ccccc2)c(-c2ccccc2)o1. The molecule has 1 N–H and O–H groups in total. The number of ether oxygens (including phenoxy) is 1. The lowest BCUT2D eigenvalue weighted by atomic mass is 10.1. The number of aromatic carboxylic acids is 1. The van der Waals surface area contributed by atoms with Crippen LogP contribution in [0.2, 0.25) is 0 Å². The summed E-state index contributed by atoms with van der Waals surface area (Å²) in [4.78, 5) is 23.5. The highest BCUT2D eigenvalue weighted by Gasteiger charge is 2.18. The predicted molar refractivity (Wildman–Crippen MR) is 88.1 cm³/mol. The number of carbonyl (C=O) groups is 1. The molecule has 0 amide bonds. The summed E-state index contributed by atoms with van der Waals surface area (Å²) in [6.07, 6.45) is 0. The van der Waals surface area contributed by atoms with Crippen molar-refractivity contribution < 1.29 is 19.1 Å². The zero-order chi connectivity index (χ0) is 16.9. The van der Waals surface area contributed by atoms with E-state index in [0.29, 0.717) is 5.56 Å². The standard InChI is InChI=1S/C19H14O5/c20-15-11-16(19(21)22)24-17(14-9-5-2-6-10-14)18(15)23-12-13-7-3-1-4-8-13/h1-11H,12H2,(H,21,22). The summed E-state index contributed by atoms with van der Waals surface area (Å²) < 4.78 is 11.0. The van der Waals surface area contributed by atoms with Crippen LogP contribution in [-0.2, 0) is 6.61 Å². The van der Waals surface area contributed by atoms with Crippen molar-refractivity contribution in [3.63, 3.8) is 0 Å². The second kappa shape index (κ2) is 6.83. The molecule has 0 radical (unpaired) electrons. The van der Waals surface area contributed by atoms with Gasteiger partial charge in [-0.3, -0.25) is 4.79 Å². The molecule has 1 aromatic heterocycles. The van der Waals surface area contributed by atoms with E-state index in [0.717, 1.165) is 11.6 Å². The zero-order valence-electron chi connectivity index (χ0n) is 12.6. The molecule has 0 aliphatic rings. The van der Waals surface area contributed by atoms with Crippen molar-refractivity contribution >= 4 is 5.97 Å². The Hall–Kier alpha value is -3.34. The highest BCUT2D eigenvalue weighted by molar-refractivity contribution is 5.85. The molecule has 2 aromatic carbocycles. The van der Waals surface area contributed by atoms with E-state index in [1.54, 1.807) is 24.3 Å². The van der Waals surface area contributed by atoms with Crippen LogP contribution >= 0.6 is 0 Å². The van der Waals surface area contributed by atoms with Gasteiger partial charge in [-0.1, -0.05) is 60.7 Å². The third-order valence-electron chi connectivity index (χ3n) is 3.38. The van der Waals surface area contributed by atoms with Crippen LogP contribution in [0.5, 0.6) is 5.75 Å². The number of carboxylic acids is 1. The molecule has 0 aliphatic heterocycles. The number of rotatable bonds is 5. The molecule has 3 rings (SSSR count). The maximum absolute atomic E-state index is 12.3. The molecule has 5 heteroatoms. The van der Waals surface area contributed by atoms with Crippen LogP contribution in [0, 0.1) is 0 Å². The van der Waals surface area contributed by atoms with Gasteiger partial charge >= 0.3 is 5.97 Å². The van der Waals surface area contributed by atoms with Gasteiger partial charge < -0.3 is 14.3 Å². The van der Waals surface area contributed by atoms with Gasteiger partial charge in [0.1, 0.15) is 6.61 Å². The van der Waals surface area contributed by atoms with Gasteiger partial charge in [-0.15, -0.1) is 0 Å². The van der Waals surface area contributed by atoms with Crippen molar-refractivity contribution in [1.29, 1.82) is 0 Å². The molecule has 0 fully saturated rings. The second-order valence-corrected chi connectivity index (χ2v) is 5.08. The minimum Gasteiger partial charge on any atom is -0.481 e. The van der Waals surface area contributed by atoms with Gasteiger partial charge in [-0.2, -0.15) is 0 Å². The third kappa shape index (κ3) is 3.35. The average Bonchev–Trinajstić information content (AvgIpc) is 2.61. The summed E-state index contributed by atoms with van der Waals surface area (Å²) >= 11 is 0. The van der Waals surface area contributed by atoms with Crippen LogP contribution in [0.15, 0.2) is 75.9 Å². The lowest BCUT2D eigenvalue weighted by Gasteiger charge is -2.11. The fraction of sp³-hybridized carbons (Fsp3) is 0.0526. The van der Waals surface area contributed by atoms with Gasteiger partial charge in [0, 0.05) is 11.6 Å². The predicted octanol–water partition coefficient (Wildman–Crippen LogP) is 3.58. The molecule has 0 spiro atoms. The number of carboxylic acid groups (broad SMARTS) is 1. The molecule has 0 bridgehead atoms. The summed E-state index contributed by atoms with van der Waals surface area (Å²) in [6, 6.07) is 19.1. The van der Waals surface area contributed by atoms with E-state index in [2.05, 4.69) is 0 Å². The maximum atomic E-state index is 12.3. The summed E-state index contributed by atoms with van der Waals surface area (Å²) in [7, 11) is 0. The monoisotopic (exact) mass is 322 g/mol.